The molecule has 5 saturated carbocycles. The van der Waals surface area contributed by atoms with Crippen LogP contribution in [0.5, 0.6) is 5.75 Å². The second-order valence-corrected chi connectivity index (χ2v) is 13.5. The SMILES string of the molecule is CC1CC(C(=O)NC23CCC(NC(=O)COc4ccc(F)c(F)c4)(CC2)C(O)C3)(C23CCCCCCCC2C3)ON1. The highest BCUT2D eigenvalue weighted by atomic mass is 19.2. The van der Waals surface area contributed by atoms with Crippen molar-refractivity contribution >= 4 is 11.8 Å². The third-order valence-electron chi connectivity index (χ3n) is 11.0. The predicted octanol–water partition coefficient (Wildman–Crippen LogP) is 4.20. The molecule has 41 heavy (non-hydrogen) atoms. The first-order chi connectivity index (χ1) is 19.6. The van der Waals surface area contributed by atoms with Crippen molar-refractivity contribution < 1.29 is 33.1 Å². The number of carbonyl (C=O) groups excluding carboxylic acids is 2. The Hall–Kier alpha value is -2.30. The average molecular weight is 576 g/mol. The van der Waals surface area contributed by atoms with Gasteiger partial charge in [-0.3, -0.25) is 14.4 Å². The van der Waals surface area contributed by atoms with E-state index in [1.807, 2.05) is 0 Å². The number of nitrogens with one attached hydrogen (secondary N) is 3. The smallest absolute Gasteiger partial charge is 0.258 e. The molecule has 6 fully saturated rings. The van der Waals surface area contributed by atoms with Gasteiger partial charge in [-0.05, 0) is 76.3 Å². The Morgan fingerprint density at radius 1 is 1.00 bits per heavy atom. The maximum Gasteiger partial charge on any atom is 0.258 e. The van der Waals surface area contributed by atoms with Gasteiger partial charge in [-0.15, -0.1) is 0 Å². The minimum atomic E-state index is -1.05. The van der Waals surface area contributed by atoms with E-state index in [1.165, 1.54) is 31.7 Å². The summed E-state index contributed by atoms with van der Waals surface area (Å²) >= 11 is 0. The summed E-state index contributed by atoms with van der Waals surface area (Å²) in [6.45, 7) is 1.69. The number of benzene rings is 1. The van der Waals surface area contributed by atoms with E-state index >= 15 is 0 Å². The zero-order chi connectivity index (χ0) is 28.9. The molecule has 0 spiro atoms. The third-order valence-corrected chi connectivity index (χ3v) is 11.0. The Kier molecular flexibility index (Phi) is 7.56. The summed E-state index contributed by atoms with van der Waals surface area (Å²) in [7, 11) is 0. The lowest BCUT2D eigenvalue weighted by Crippen LogP contribution is -2.72. The van der Waals surface area contributed by atoms with E-state index in [2.05, 4.69) is 23.0 Å². The summed E-state index contributed by atoms with van der Waals surface area (Å²) in [5.41, 5.74) is 0.729. The number of halogens is 2. The summed E-state index contributed by atoms with van der Waals surface area (Å²) in [4.78, 5) is 33.4. The number of aliphatic hydroxyl groups is 1. The first-order valence-corrected chi connectivity index (χ1v) is 15.4. The minimum absolute atomic E-state index is 0.0512. The molecular formula is C31H43F2N3O5. The molecule has 5 unspecified atom stereocenters. The van der Waals surface area contributed by atoms with Crippen LogP contribution in [0.2, 0.25) is 0 Å². The van der Waals surface area contributed by atoms with Crippen LogP contribution in [0.4, 0.5) is 8.78 Å². The van der Waals surface area contributed by atoms with E-state index in [4.69, 9.17) is 9.57 Å². The van der Waals surface area contributed by atoms with Gasteiger partial charge in [0, 0.05) is 29.5 Å². The van der Waals surface area contributed by atoms with E-state index in [-0.39, 0.29) is 29.7 Å². The fourth-order valence-corrected chi connectivity index (χ4v) is 8.54. The summed E-state index contributed by atoms with van der Waals surface area (Å²) in [6, 6.07) is 3.18. The Morgan fingerprint density at radius 3 is 2.46 bits per heavy atom. The first kappa shape index (κ1) is 28.8. The molecule has 6 aliphatic rings. The molecule has 5 aliphatic carbocycles. The summed E-state index contributed by atoms with van der Waals surface area (Å²) in [6.07, 6.45) is 11.7. The molecule has 1 heterocycles. The molecule has 0 radical (unpaired) electrons. The van der Waals surface area contributed by atoms with Crippen LogP contribution in [0.15, 0.2) is 18.2 Å². The Bertz CT molecular complexity index is 1170. The van der Waals surface area contributed by atoms with Gasteiger partial charge < -0.3 is 20.5 Å². The number of hydrogen-bond donors (Lipinski definition) is 4. The molecule has 1 aliphatic heterocycles. The minimum Gasteiger partial charge on any atom is -0.484 e. The average Bonchev–Trinajstić information content (AvgIpc) is 3.47. The van der Waals surface area contributed by atoms with E-state index in [1.54, 1.807) is 0 Å². The molecule has 1 aromatic carbocycles. The molecule has 7 rings (SSSR count). The van der Waals surface area contributed by atoms with Crippen molar-refractivity contribution in [2.45, 2.75) is 126 Å². The van der Waals surface area contributed by atoms with Gasteiger partial charge >= 0.3 is 0 Å². The van der Waals surface area contributed by atoms with Gasteiger partial charge in [-0.25, -0.2) is 8.78 Å². The molecule has 1 saturated heterocycles. The van der Waals surface area contributed by atoms with Gasteiger partial charge in [0.25, 0.3) is 11.8 Å². The number of amides is 2. The van der Waals surface area contributed by atoms with E-state index in [9.17, 15) is 23.5 Å². The van der Waals surface area contributed by atoms with Gasteiger partial charge in [0.15, 0.2) is 23.8 Å². The van der Waals surface area contributed by atoms with Crippen molar-refractivity contribution in [3.05, 3.63) is 29.8 Å². The Balaban J connectivity index is 1.11. The highest BCUT2D eigenvalue weighted by molar-refractivity contribution is 5.88. The zero-order valence-corrected chi connectivity index (χ0v) is 23.9. The molecule has 10 heteroatoms. The van der Waals surface area contributed by atoms with Crippen molar-refractivity contribution in [1.82, 2.24) is 16.1 Å². The zero-order valence-electron chi connectivity index (χ0n) is 23.9. The van der Waals surface area contributed by atoms with Gasteiger partial charge in [0.2, 0.25) is 0 Å². The normalized spacial score (nSPS) is 40.0. The van der Waals surface area contributed by atoms with E-state index < -0.39 is 40.3 Å². The highest BCUT2D eigenvalue weighted by Gasteiger charge is 2.72. The largest absolute Gasteiger partial charge is 0.484 e. The quantitative estimate of drug-likeness (QED) is 0.388. The molecule has 2 bridgehead atoms. The van der Waals surface area contributed by atoms with E-state index in [0.717, 1.165) is 37.8 Å². The summed E-state index contributed by atoms with van der Waals surface area (Å²) in [5.74, 6) is -1.97. The van der Waals surface area contributed by atoms with Crippen LogP contribution in [0.1, 0.15) is 96.8 Å². The van der Waals surface area contributed by atoms with Gasteiger partial charge in [0.05, 0.1) is 11.6 Å². The lowest BCUT2D eigenvalue weighted by molar-refractivity contribution is -0.168. The number of fused-ring (bicyclic) bond motifs is 4. The fourth-order valence-electron chi connectivity index (χ4n) is 8.54. The molecule has 0 aromatic heterocycles. The van der Waals surface area contributed by atoms with Crippen LogP contribution in [-0.2, 0) is 14.4 Å². The topological polar surface area (TPSA) is 109 Å². The predicted molar refractivity (Wildman–Crippen MR) is 147 cm³/mol. The lowest BCUT2D eigenvalue weighted by atomic mass is 9.59. The second-order valence-electron chi connectivity index (χ2n) is 13.5. The van der Waals surface area contributed by atoms with E-state index in [0.29, 0.717) is 44.4 Å². The molecule has 5 atom stereocenters. The van der Waals surface area contributed by atoms with Crippen molar-refractivity contribution in [2.75, 3.05) is 6.61 Å². The Labute approximate surface area is 240 Å². The molecule has 4 N–H and O–H groups in total. The van der Waals surface area contributed by atoms with Crippen LogP contribution < -0.4 is 20.9 Å². The Morgan fingerprint density at radius 2 is 1.76 bits per heavy atom. The summed E-state index contributed by atoms with van der Waals surface area (Å²) in [5, 5.41) is 17.6. The van der Waals surface area contributed by atoms with Crippen LogP contribution in [0.25, 0.3) is 0 Å². The number of carbonyl (C=O) groups is 2. The number of hydrogen-bond acceptors (Lipinski definition) is 6. The third kappa shape index (κ3) is 5.14. The maximum absolute atomic E-state index is 14.3. The van der Waals surface area contributed by atoms with Crippen molar-refractivity contribution in [1.29, 1.82) is 0 Å². The molecule has 2 amide bonds. The van der Waals surface area contributed by atoms with Crippen LogP contribution >= 0.6 is 0 Å². The van der Waals surface area contributed by atoms with Crippen LogP contribution in [-0.4, -0.2) is 52.4 Å². The van der Waals surface area contributed by atoms with Crippen LogP contribution in [0.3, 0.4) is 0 Å². The molecular weight excluding hydrogens is 532 g/mol. The van der Waals surface area contributed by atoms with Gasteiger partial charge in [0.1, 0.15) is 5.75 Å². The van der Waals surface area contributed by atoms with Crippen molar-refractivity contribution in [3.63, 3.8) is 0 Å². The molecule has 1 aromatic rings. The number of hydroxylamine groups is 1. The van der Waals surface area contributed by atoms with Gasteiger partial charge in [-0.1, -0.05) is 32.1 Å². The monoisotopic (exact) mass is 575 g/mol. The maximum atomic E-state index is 14.3. The van der Waals surface area contributed by atoms with Crippen LogP contribution in [0, 0.1) is 23.0 Å². The van der Waals surface area contributed by atoms with Gasteiger partial charge in [-0.2, -0.15) is 5.48 Å². The standard InChI is InChI=1S/C31H43F2N3O5/c1-20-16-31(41-36-20,29-10-6-4-2-3-5-7-21(29)17-29)27(39)35-28-11-13-30(14-12-28,25(37)18-28)34-26(38)19-40-22-8-9-23(32)24(33)15-22/h8-9,15,20-21,25,36-37H,2-7,10-14,16-19H2,1H3,(H,34,38)(H,35,39). The highest BCUT2D eigenvalue weighted by Crippen LogP contribution is 2.68. The molecule has 8 nitrogen and oxygen atoms in total. The first-order valence-electron chi connectivity index (χ1n) is 15.4. The summed E-state index contributed by atoms with van der Waals surface area (Å²) < 4.78 is 32.0. The number of ether oxygens (including phenoxy) is 1. The molecule has 226 valence electrons. The fraction of sp³-hybridized carbons (Fsp3) is 0.742. The van der Waals surface area contributed by atoms with Crippen molar-refractivity contribution in [2.24, 2.45) is 11.3 Å². The number of aliphatic hydroxyl groups excluding tert-OH is 1. The second kappa shape index (κ2) is 10.8. The van der Waals surface area contributed by atoms with Crippen molar-refractivity contribution in [3.8, 4) is 5.75 Å². The number of rotatable bonds is 7. The lowest BCUT2D eigenvalue weighted by Gasteiger charge is -2.57.